The van der Waals surface area contributed by atoms with Crippen molar-refractivity contribution in [1.82, 2.24) is 10.2 Å². The third-order valence-corrected chi connectivity index (χ3v) is 3.17. The first-order valence-electron chi connectivity index (χ1n) is 6.59. The molecule has 1 fully saturated rings. The number of aliphatic hydroxyl groups excluding tert-OH is 1. The summed E-state index contributed by atoms with van der Waals surface area (Å²) in [4.78, 5) is 13.9. The van der Waals surface area contributed by atoms with Gasteiger partial charge in [-0.3, -0.25) is 4.79 Å². The number of aliphatic hydroxyl groups is 1. The first-order valence-corrected chi connectivity index (χ1v) is 6.59. The van der Waals surface area contributed by atoms with Gasteiger partial charge in [-0.05, 0) is 40.0 Å². The molecule has 1 saturated carbocycles. The fraction of sp³-hybridized carbons (Fsp3) is 0.923. The number of rotatable bonds is 6. The molecule has 0 spiro atoms. The first-order chi connectivity index (χ1) is 7.94. The maximum atomic E-state index is 12.0. The molecule has 100 valence electrons. The smallest absolute Gasteiger partial charge is 0.224 e. The maximum Gasteiger partial charge on any atom is 0.224 e. The summed E-state index contributed by atoms with van der Waals surface area (Å²) in [6.45, 7) is 7.53. The van der Waals surface area contributed by atoms with Crippen LogP contribution in [0, 0.1) is 0 Å². The van der Waals surface area contributed by atoms with Crippen LogP contribution in [-0.2, 0) is 4.79 Å². The zero-order valence-electron chi connectivity index (χ0n) is 11.3. The van der Waals surface area contributed by atoms with Gasteiger partial charge in [0.25, 0.3) is 0 Å². The zero-order chi connectivity index (χ0) is 12.9. The van der Waals surface area contributed by atoms with E-state index in [2.05, 4.69) is 26.1 Å². The molecule has 0 saturated heterocycles. The summed E-state index contributed by atoms with van der Waals surface area (Å²) in [5.74, 6) is 0.167. The van der Waals surface area contributed by atoms with Gasteiger partial charge in [0.2, 0.25) is 5.91 Å². The van der Waals surface area contributed by atoms with E-state index in [4.69, 9.17) is 5.11 Å². The van der Waals surface area contributed by atoms with Crippen LogP contribution < -0.4 is 5.32 Å². The highest BCUT2D eigenvalue weighted by Crippen LogP contribution is 2.24. The quantitative estimate of drug-likeness (QED) is 0.734. The highest BCUT2D eigenvalue weighted by atomic mass is 16.3. The summed E-state index contributed by atoms with van der Waals surface area (Å²) in [5, 5.41) is 12.3. The molecule has 0 radical (unpaired) electrons. The molecule has 0 bridgehead atoms. The zero-order valence-corrected chi connectivity index (χ0v) is 11.3. The van der Waals surface area contributed by atoms with Gasteiger partial charge >= 0.3 is 0 Å². The van der Waals surface area contributed by atoms with Gasteiger partial charge in [0.1, 0.15) is 0 Å². The van der Waals surface area contributed by atoms with Gasteiger partial charge in [0, 0.05) is 31.1 Å². The number of carbonyl (C=O) groups is 1. The Bertz CT molecular complexity index is 244. The molecule has 17 heavy (non-hydrogen) atoms. The Hall–Kier alpha value is -0.610. The van der Waals surface area contributed by atoms with Crippen molar-refractivity contribution in [3.8, 4) is 0 Å². The van der Waals surface area contributed by atoms with Crippen LogP contribution in [0.2, 0.25) is 0 Å². The van der Waals surface area contributed by atoms with Crippen LogP contribution in [0.1, 0.15) is 46.5 Å². The van der Waals surface area contributed by atoms with Gasteiger partial charge < -0.3 is 15.3 Å². The van der Waals surface area contributed by atoms with Gasteiger partial charge in [0.15, 0.2) is 0 Å². The molecule has 0 aromatic carbocycles. The standard InChI is InChI=1S/C13H26N2O2/c1-13(2,3)14-8-7-12(17)15(9-10-16)11-5-4-6-11/h11,14,16H,4-10H2,1-3H3. The minimum Gasteiger partial charge on any atom is -0.395 e. The van der Waals surface area contributed by atoms with E-state index in [1.165, 1.54) is 6.42 Å². The molecule has 4 heteroatoms. The molecule has 1 aliphatic carbocycles. The van der Waals surface area contributed by atoms with Crippen molar-refractivity contribution in [3.05, 3.63) is 0 Å². The molecule has 0 aliphatic heterocycles. The minimum atomic E-state index is 0.0541. The largest absolute Gasteiger partial charge is 0.395 e. The van der Waals surface area contributed by atoms with Gasteiger partial charge in [0.05, 0.1) is 6.61 Å². The summed E-state index contributed by atoms with van der Waals surface area (Å²) in [6, 6.07) is 0.379. The van der Waals surface area contributed by atoms with E-state index in [0.717, 1.165) is 12.8 Å². The highest BCUT2D eigenvalue weighted by Gasteiger charge is 2.27. The number of nitrogens with one attached hydrogen (secondary N) is 1. The van der Waals surface area contributed by atoms with Crippen molar-refractivity contribution in [3.63, 3.8) is 0 Å². The second kappa shape index (κ2) is 6.36. The Labute approximate surface area is 104 Å². The van der Waals surface area contributed by atoms with Gasteiger partial charge in [-0.2, -0.15) is 0 Å². The number of hydrogen-bond donors (Lipinski definition) is 2. The maximum absolute atomic E-state index is 12.0. The molecule has 1 aliphatic rings. The molecule has 0 aromatic heterocycles. The lowest BCUT2D eigenvalue weighted by molar-refractivity contribution is -0.135. The third kappa shape index (κ3) is 5.04. The summed E-state index contributed by atoms with van der Waals surface area (Å²) < 4.78 is 0. The van der Waals surface area contributed by atoms with Crippen LogP contribution in [0.4, 0.5) is 0 Å². The van der Waals surface area contributed by atoms with Crippen molar-refractivity contribution >= 4 is 5.91 Å². The SMILES string of the molecule is CC(C)(C)NCCC(=O)N(CCO)C1CCC1. The summed E-state index contributed by atoms with van der Waals surface area (Å²) in [6.07, 6.45) is 3.92. The van der Waals surface area contributed by atoms with Crippen LogP contribution in [0.3, 0.4) is 0 Å². The lowest BCUT2D eigenvalue weighted by Crippen LogP contribution is -2.47. The Morgan fingerprint density at radius 3 is 2.47 bits per heavy atom. The molecule has 1 amide bonds. The van der Waals surface area contributed by atoms with Crippen LogP contribution in [0.15, 0.2) is 0 Å². The van der Waals surface area contributed by atoms with Gasteiger partial charge in [-0.25, -0.2) is 0 Å². The number of amides is 1. The van der Waals surface area contributed by atoms with Crippen molar-refractivity contribution in [2.75, 3.05) is 19.7 Å². The van der Waals surface area contributed by atoms with E-state index < -0.39 is 0 Å². The third-order valence-electron chi connectivity index (χ3n) is 3.17. The summed E-state index contributed by atoms with van der Waals surface area (Å²) in [5.41, 5.74) is 0.0541. The van der Waals surface area contributed by atoms with E-state index in [1.807, 2.05) is 4.90 Å². The van der Waals surface area contributed by atoms with E-state index in [1.54, 1.807) is 0 Å². The van der Waals surface area contributed by atoms with E-state index >= 15 is 0 Å². The van der Waals surface area contributed by atoms with Crippen LogP contribution in [0.25, 0.3) is 0 Å². The van der Waals surface area contributed by atoms with Crippen LogP contribution in [0.5, 0.6) is 0 Å². The van der Waals surface area contributed by atoms with E-state index in [-0.39, 0.29) is 18.1 Å². The number of hydrogen-bond acceptors (Lipinski definition) is 3. The van der Waals surface area contributed by atoms with E-state index in [9.17, 15) is 4.79 Å². The monoisotopic (exact) mass is 242 g/mol. The molecular formula is C13H26N2O2. The highest BCUT2D eigenvalue weighted by molar-refractivity contribution is 5.76. The average molecular weight is 242 g/mol. The first kappa shape index (κ1) is 14.5. The Morgan fingerprint density at radius 1 is 1.41 bits per heavy atom. The summed E-state index contributed by atoms with van der Waals surface area (Å²) in [7, 11) is 0. The Kier molecular flexibility index (Phi) is 5.40. The van der Waals surface area contributed by atoms with Gasteiger partial charge in [-0.15, -0.1) is 0 Å². The second-order valence-electron chi connectivity index (χ2n) is 5.82. The van der Waals surface area contributed by atoms with Crippen LogP contribution >= 0.6 is 0 Å². The topological polar surface area (TPSA) is 52.6 Å². The minimum absolute atomic E-state index is 0.0541. The predicted molar refractivity (Wildman–Crippen MR) is 68.8 cm³/mol. The summed E-state index contributed by atoms with van der Waals surface area (Å²) >= 11 is 0. The molecule has 0 heterocycles. The molecule has 2 N–H and O–H groups in total. The molecule has 4 nitrogen and oxygen atoms in total. The molecule has 0 atom stereocenters. The van der Waals surface area contributed by atoms with Crippen molar-refractivity contribution < 1.29 is 9.90 Å². The molecular weight excluding hydrogens is 216 g/mol. The predicted octanol–water partition coefficient (Wildman–Crippen LogP) is 1.14. The normalized spacial score (nSPS) is 16.7. The van der Waals surface area contributed by atoms with Crippen molar-refractivity contribution in [2.45, 2.75) is 58.0 Å². The van der Waals surface area contributed by atoms with Gasteiger partial charge in [-0.1, -0.05) is 0 Å². The lowest BCUT2D eigenvalue weighted by atomic mass is 9.91. The average Bonchev–Trinajstić information content (AvgIpc) is 2.12. The fourth-order valence-electron chi connectivity index (χ4n) is 2.01. The lowest BCUT2D eigenvalue weighted by Gasteiger charge is -2.37. The number of nitrogens with zero attached hydrogens (tertiary/aromatic N) is 1. The second-order valence-corrected chi connectivity index (χ2v) is 5.82. The Morgan fingerprint density at radius 2 is 2.06 bits per heavy atom. The van der Waals surface area contributed by atoms with Crippen molar-refractivity contribution in [1.29, 1.82) is 0 Å². The van der Waals surface area contributed by atoms with Crippen molar-refractivity contribution in [2.24, 2.45) is 0 Å². The molecule has 0 unspecified atom stereocenters. The fourth-order valence-corrected chi connectivity index (χ4v) is 2.01. The van der Waals surface area contributed by atoms with Crippen LogP contribution in [-0.4, -0.2) is 47.2 Å². The number of carbonyl (C=O) groups excluding carboxylic acids is 1. The molecule has 0 aromatic rings. The van der Waals surface area contributed by atoms with E-state index in [0.29, 0.717) is 25.6 Å². The molecule has 1 rings (SSSR count). The Balaban J connectivity index is 2.32.